The standard InChI is InChI=1S/C7H16N2/c1-8-7-5-3-2-4-6-9-7/h7-9H,2-6H2,1H3. The van der Waals surface area contributed by atoms with Crippen molar-refractivity contribution in [2.75, 3.05) is 13.6 Å². The zero-order valence-corrected chi connectivity index (χ0v) is 6.11. The second kappa shape index (κ2) is 3.85. The van der Waals surface area contributed by atoms with Crippen LogP contribution in [0.1, 0.15) is 25.7 Å². The zero-order chi connectivity index (χ0) is 6.53. The molecule has 0 saturated carbocycles. The Bertz CT molecular complexity index is 65.3. The van der Waals surface area contributed by atoms with Crippen molar-refractivity contribution in [2.45, 2.75) is 31.8 Å². The van der Waals surface area contributed by atoms with Gasteiger partial charge in [-0.1, -0.05) is 12.8 Å². The van der Waals surface area contributed by atoms with E-state index in [-0.39, 0.29) is 0 Å². The predicted molar refractivity (Wildman–Crippen MR) is 39.3 cm³/mol. The highest BCUT2D eigenvalue weighted by atomic mass is 15.1. The minimum Gasteiger partial charge on any atom is -0.305 e. The van der Waals surface area contributed by atoms with Crippen molar-refractivity contribution >= 4 is 0 Å². The van der Waals surface area contributed by atoms with E-state index in [0.717, 1.165) is 0 Å². The van der Waals surface area contributed by atoms with Gasteiger partial charge in [-0.2, -0.15) is 0 Å². The molecule has 2 N–H and O–H groups in total. The second-order valence-corrected chi connectivity index (χ2v) is 2.64. The normalized spacial score (nSPS) is 29.7. The van der Waals surface area contributed by atoms with E-state index in [9.17, 15) is 0 Å². The molecule has 1 aliphatic rings. The van der Waals surface area contributed by atoms with Crippen molar-refractivity contribution in [3.63, 3.8) is 0 Å². The summed E-state index contributed by atoms with van der Waals surface area (Å²) in [5.74, 6) is 0. The first-order valence-electron chi connectivity index (χ1n) is 3.84. The summed E-state index contributed by atoms with van der Waals surface area (Å²) in [6.07, 6.45) is 5.98. The molecule has 2 heteroatoms. The summed E-state index contributed by atoms with van der Waals surface area (Å²) >= 11 is 0. The third-order valence-corrected chi connectivity index (χ3v) is 1.91. The lowest BCUT2D eigenvalue weighted by molar-refractivity contribution is 0.452. The van der Waals surface area contributed by atoms with Gasteiger partial charge in [-0.05, 0) is 26.4 Å². The SMILES string of the molecule is CNC1CCCCCN1. The van der Waals surface area contributed by atoms with Gasteiger partial charge in [0.2, 0.25) is 0 Å². The number of nitrogens with one attached hydrogen (secondary N) is 2. The van der Waals surface area contributed by atoms with Gasteiger partial charge < -0.3 is 10.6 Å². The smallest absolute Gasteiger partial charge is 0.0569 e. The van der Waals surface area contributed by atoms with E-state index in [1.54, 1.807) is 0 Å². The molecule has 9 heavy (non-hydrogen) atoms. The van der Waals surface area contributed by atoms with Gasteiger partial charge in [0.25, 0.3) is 0 Å². The number of hydrogen-bond donors (Lipinski definition) is 2. The molecule has 0 radical (unpaired) electrons. The Labute approximate surface area is 57.0 Å². The Morgan fingerprint density at radius 2 is 2.22 bits per heavy atom. The monoisotopic (exact) mass is 128 g/mol. The maximum atomic E-state index is 3.42. The van der Waals surface area contributed by atoms with Crippen LogP contribution in [-0.4, -0.2) is 19.8 Å². The quantitative estimate of drug-likeness (QED) is 0.543. The van der Waals surface area contributed by atoms with Crippen LogP contribution in [0.4, 0.5) is 0 Å². The lowest BCUT2D eigenvalue weighted by Crippen LogP contribution is -2.39. The molecule has 0 aromatic carbocycles. The summed E-state index contributed by atoms with van der Waals surface area (Å²) in [6.45, 7) is 1.19. The third kappa shape index (κ3) is 2.33. The van der Waals surface area contributed by atoms with Crippen LogP contribution in [-0.2, 0) is 0 Å². The first-order valence-corrected chi connectivity index (χ1v) is 3.84. The lowest BCUT2D eigenvalue weighted by Gasteiger charge is -2.13. The maximum absolute atomic E-state index is 3.42. The minimum atomic E-state index is 0.576. The molecule has 0 aliphatic carbocycles. The maximum Gasteiger partial charge on any atom is 0.0569 e. The summed E-state index contributed by atoms with van der Waals surface area (Å²) in [5.41, 5.74) is 0. The molecular formula is C7H16N2. The Hall–Kier alpha value is -0.0800. The number of hydrogen-bond acceptors (Lipinski definition) is 2. The molecule has 0 aromatic heterocycles. The predicted octanol–water partition coefficient (Wildman–Crippen LogP) is 0.695. The topological polar surface area (TPSA) is 24.1 Å². The molecule has 1 atom stereocenters. The molecule has 1 saturated heterocycles. The fourth-order valence-corrected chi connectivity index (χ4v) is 1.27. The van der Waals surface area contributed by atoms with Crippen LogP contribution in [0.25, 0.3) is 0 Å². The highest BCUT2D eigenvalue weighted by Gasteiger charge is 2.06. The van der Waals surface area contributed by atoms with Crippen LogP contribution in [0.15, 0.2) is 0 Å². The molecule has 0 amide bonds. The van der Waals surface area contributed by atoms with Crippen LogP contribution < -0.4 is 10.6 Å². The van der Waals surface area contributed by atoms with E-state index in [0.29, 0.717) is 6.17 Å². The van der Waals surface area contributed by atoms with Gasteiger partial charge in [0.05, 0.1) is 6.17 Å². The fourth-order valence-electron chi connectivity index (χ4n) is 1.27. The van der Waals surface area contributed by atoms with Gasteiger partial charge in [-0.3, -0.25) is 0 Å². The average Bonchev–Trinajstić information content (AvgIpc) is 2.13. The summed E-state index contributed by atoms with van der Waals surface area (Å²) in [7, 11) is 2.02. The van der Waals surface area contributed by atoms with Crippen molar-refractivity contribution in [1.82, 2.24) is 10.6 Å². The Morgan fingerprint density at radius 3 is 3.00 bits per heavy atom. The van der Waals surface area contributed by atoms with Crippen LogP contribution in [0.5, 0.6) is 0 Å². The van der Waals surface area contributed by atoms with E-state index >= 15 is 0 Å². The molecule has 0 bridgehead atoms. The summed E-state index contributed by atoms with van der Waals surface area (Å²) in [6, 6.07) is 0. The molecule has 1 aliphatic heterocycles. The largest absolute Gasteiger partial charge is 0.305 e. The van der Waals surface area contributed by atoms with Crippen molar-refractivity contribution in [1.29, 1.82) is 0 Å². The highest BCUT2D eigenvalue weighted by Crippen LogP contribution is 2.05. The van der Waals surface area contributed by atoms with Gasteiger partial charge in [0, 0.05) is 0 Å². The molecule has 0 spiro atoms. The van der Waals surface area contributed by atoms with Crippen molar-refractivity contribution in [2.24, 2.45) is 0 Å². The molecular weight excluding hydrogens is 112 g/mol. The molecule has 2 nitrogen and oxygen atoms in total. The lowest BCUT2D eigenvalue weighted by atomic mass is 10.2. The van der Waals surface area contributed by atoms with Crippen LogP contribution in [0, 0.1) is 0 Å². The summed E-state index contributed by atoms with van der Waals surface area (Å²) in [4.78, 5) is 0. The Kier molecular flexibility index (Phi) is 3.01. The zero-order valence-electron chi connectivity index (χ0n) is 6.11. The second-order valence-electron chi connectivity index (χ2n) is 2.64. The molecule has 0 aromatic rings. The molecule has 1 fully saturated rings. The first kappa shape index (κ1) is 7.03. The average molecular weight is 128 g/mol. The summed E-state index contributed by atoms with van der Waals surface area (Å²) < 4.78 is 0. The Morgan fingerprint density at radius 1 is 1.33 bits per heavy atom. The van der Waals surface area contributed by atoms with Gasteiger partial charge >= 0.3 is 0 Å². The van der Waals surface area contributed by atoms with E-state index < -0.39 is 0 Å². The van der Waals surface area contributed by atoms with Crippen molar-refractivity contribution < 1.29 is 0 Å². The highest BCUT2D eigenvalue weighted by molar-refractivity contribution is 4.65. The molecule has 1 heterocycles. The third-order valence-electron chi connectivity index (χ3n) is 1.91. The molecule has 1 unspecified atom stereocenters. The number of rotatable bonds is 1. The van der Waals surface area contributed by atoms with E-state index in [1.807, 2.05) is 7.05 Å². The Balaban J connectivity index is 2.18. The van der Waals surface area contributed by atoms with Crippen molar-refractivity contribution in [3.8, 4) is 0 Å². The van der Waals surface area contributed by atoms with Crippen LogP contribution in [0.2, 0.25) is 0 Å². The molecule has 54 valence electrons. The van der Waals surface area contributed by atoms with Gasteiger partial charge in [0.15, 0.2) is 0 Å². The van der Waals surface area contributed by atoms with Gasteiger partial charge in [-0.25, -0.2) is 0 Å². The van der Waals surface area contributed by atoms with Crippen LogP contribution in [0.3, 0.4) is 0 Å². The van der Waals surface area contributed by atoms with E-state index in [2.05, 4.69) is 10.6 Å². The summed E-state index contributed by atoms with van der Waals surface area (Å²) in [5, 5.41) is 6.65. The first-order chi connectivity index (χ1) is 4.43. The van der Waals surface area contributed by atoms with Crippen LogP contribution >= 0.6 is 0 Å². The van der Waals surface area contributed by atoms with Gasteiger partial charge in [0.1, 0.15) is 0 Å². The van der Waals surface area contributed by atoms with Gasteiger partial charge in [-0.15, -0.1) is 0 Å². The van der Waals surface area contributed by atoms with E-state index in [4.69, 9.17) is 0 Å². The fraction of sp³-hybridized carbons (Fsp3) is 1.00. The van der Waals surface area contributed by atoms with E-state index in [1.165, 1.54) is 32.2 Å². The van der Waals surface area contributed by atoms with Crippen molar-refractivity contribution in [3.05, 3.63) is 0 Å². The molecule has 1 rings (SSSR count). The minimum absolute atomic E-state index is 0.576.